The molecule has 84 heavy (non-hydrogen) atoms. The zero-order valence-electron chi connectivity index (χ0n) is 46.8. The minimum Gasteiger partial charge on any atom is -0.311 e. The SMILES string of the molecule is c1ccc(N(c2ccc(-c3ccc(N(c4ccc(N(c5ccccc5)c5ccc6c(c5)C5(CCCCC5)c5ccccc5-6)cc4)c4cccc5ccccc45)cc3)cc2)c2ccc(N(c3ccccc3)c3cccc4ccccc34)cc2)cc1. The van der Waals surface area contributed by atoms with E-state index in [0.29, 0.717) is 0 Å². The lowest BCUT2D eigenvalue weighted by Crippen LogP contribution is -2.28. The molecular formula is C80H62N4. The minimum atomic E-state index is 0.0643. The summed E-state index contributed by atoms with van der Waals surface area (Å²) < 4.78 is 0. The molecule has 2 aliphatic rings. The second-order valence-corrected chi connectivity index (χ2v) is 22.4. The highest BCUT2D eigenvalue weighted by Gasteiger charge is 2.44. The Morgan fingerprint density at radius 3 is 1.04 bits per heavy atom. The number of fused-ring (bicyclic) bond motifs is 7. The van der Waals surface area contributed by atoms with Gasteiger partial charge < -0.3 is 19.6 Å². The molecule has 0 aliphatic heterocycles. The summed E-state index contributed by atoms with van der Waals surface area (Å²) in [5.74, 6) is 0. The molecule has 13 aromatic rings. The molecule has 0 amide bonds. The second-order valence-electron chi connectivity index (χ2n) is 22.4. The van der Waals surface area contributed by atoms with Gasteiger partial charge >= 0.3 is 0 Å². The number of rotatable bonds is 13. The Bertz CT molecular complexity index is 4430. The first kappa shape index (κ1) is 50.5. The summed E-state index contributed by atoms with van der Waals surface area (Å²) in [5.41, 5.74) is 21.5. The van der Waals surface area contributed by atoms with E-state index in [9.17, 15) is 0 Å². The number of benzene rings is 13. The maximum absolute atomic E-state index is 2.52. The van der Waals surface area contributed by atoms with E-state index in [1.807, 2.05) is 0 Å². The fourth-order valence-corrected chi connectivity index (χ4v) is 13.7. The molecule has 0 atom stereocenters. The van der Waals surface area contributed by atoms with E-state index in [-0.39, 0.29) is 5.41 Å². The highest BCUT2D eigenvalue weighted by Crippen LogP contribution is 2.57. The average Bonchev–Trinajstić information content (AvgIpc) is 2.25. The summed E-state index contributed by atoms with van der Waals surface area (Å²) in [7, 11) is 0. The van der Waals surface area contributed by atoms with Crippen molar-refractivity contribution in [1.82, 2.24) is 0 Å². The zero-order chi connectivity index (χ0) is 55.8. The average molecular weight is 1080 g/mol. The Hall–Kier alpha value is -10.4. The summed E-state index contributed by atoms with van der Waals surface area (Å²) in [4.78, 5) is 9.55. The van der Waals surface area contributed by atoms with E-state index in [2.05, 4.69) is 335 Å². The van der Waals surface area contributed by atoms with Crippen LogP contribution in [0.3, 0.4) is 0 Å². The van der Waals surface area contributed by atoms with Gasteiger partial charge in [-0.1, -0.05) is 201 Å². The van der Waals surface area contributed by atoms with Gasteiger partial charge in [-0.25, -0.2) is 0 Å². The number of hydrogen-bond acceptors (Lipinski definition) is 4. The van der Waals surface area contributed by atoms with Crippen LogP contribution >= 0.6 is 0 Å². The van der Waals surface area contributed by atoms with Crippen LogP contribution in [0.5, 0.6) is 0 Å². The fourth-order valence-electron chi connectivity index (χ4n) is 13.7. The second kappa shape index (κ2) is 21.8. The van der Waals surface area contributed by atoms with Gasteiger partial charge in [0.1, 0.15) is 0 Å². The van der Waals surface area contributed by atoms with Crippen molar-refractivity contribution in [3.05, 3.63) is 327 Å². The summed E-state index contributed by atoms with van der Waals surface area (Å²) in [6.45, 7) is 0. The van der Waals surface area contributed by atoms with Crippen molar-refractivity contribution in [2.75, 3.05) is 19.6 Å². The first-order valence-corrected chi connectivity index (χ1v) is 29.6. The van der Waals surface area contributed by atoms with E-state index in [1.54, 1.807) is 0 Å². The topological polar surface area (TPSA) is 13.0 Å². The van der Waals surface area contributed by atoms with Crippen LogP contribution in [0.1, 0.15) is 43.2 Å². The summed E-state index contributed by atoms with van der Waals surface area (Å²) >= 11 is 0. The summed E-state index contributed by atoms with van der Waals surface area (Å²) in [6.07, 6.45) is 6.24. The number of nitrogens with zero attached hydrogens (tertiary/aromatic N) is 4. The van der Waals surface area contributed by atoms with Crippen molar-refractivity contribution >= 4 is 89.8 Å². The van der Waals surface area contributed by atoms with E-state index >= 15 is 0 Å². The van der Waals surface area contributed by atoms with Crippen LogP contribution in [-0.2, 0) is 5.41 Å². The highest BCUT2D eigenvalue weighted by atomic mass is 15.2. The molecule has 1 fully saturated rings. The van der Waals surface area contributed by atoms with Crippen LogP contribution in [0.15, 0.2) is 315 Å². The van der Waals surface area contributed by atoms with E-state index in [0.717, 1.165) is 73.7 Å². The van der Waals surface area contributed by atoms with Gasteiger partial charge in [-0.15, -0.1) is 0 Å². The molecule has 1 saturated carbocycles. The molecule has 0 saturated heterocycles. The lowest BCUT2D eigenvalue weighted by Gasteiger charge is -2.36. The van der Waals surface area contributed by atoms with Gasteiger partial charge in [0.05, 0.1) is 11.4 Å². The number of hydrogen-bond donors (Lipinski definition) is 0. The van der Waals surface area contributed by atoms with Crippen molar-refractivity contribution in [2.24, 2.45) is 0 Å². The number of anilines is 12. The van der Waals surface area contributed by atoms with Crippen molar-refractivity contribution in [3.63, 3.8) is 0 Å². The van der Waals surface area contributed by atoms with Crippen molar-refractivity contribution in [3.8, 4) is 22.3 Å². The highest BCUT2D eigenvalue weighted by molar-refractivity contribution is 6.01. The van der Waals surface area contributed by atoms with Crippen LogP contribution in [0.25, 0.3) is 43.8 Å². The van der Waals surface area contributed by atoms with Crippen LogP contribution in [0.4, 0.5) is 68.2 Å². The van der Waals surface area contributed by atoms with Gasteiger partial charge in [0.15, 0.2) is 0 Å². The predicted molar refractivity (Wildman–Crippen MR) is 355 cm³/mol. The first-order valence-electron chi connectivity index (χ1n) is 29.6. The maximum Gasteiger partial charge on any atom is 0.0540 e. The Balaban J connectivity index is 0.753. The molecule has 402 valence electrons. The van der Waals surface area contributed by atoms with Crippen molar-refractivity contribution in [1.29, 1.82) is 0 Å². The Morgan fingerprint density at radius 1 is 0.226 bits per heavy atom. The molecule has 0 heterocycles. The lowest BCUT2D eigenvalue weighted by atomic mass is 9.68. The van der Waals surface area contributed by atoms with Gasteiger partial charge in [-0.3, -0.25) is 0 Å². The van der Waals surface area contributed by atoms with Gasteiger partial charge in [0.25, 0.3) is 0 Å². The third kappa shape index (κ3) is 9.13. The standard InChI is InChI=1S/C80H62N4/c1-5-25-62(26-6-1)81(66-45-49-69(50-46-66)83(64-29-9-3-10-30-64)78-35-19-23-60-21-11-13-31-72(60)78)65-41-37-58(38-42-65)59-39-43-68(44-40-59)84(79-36-20-24-61-22-12-14-32-73(61)79)70-51-47-67(48-52-70)82(63-27-7-2-8-28-63)71-53-54-75-74-33-15-16-34-76(74)80(77(75)57-71)55-17-4-18-56-80/h1-3,5-16,19-54,57H,4,17-18,55-56H2. The molecule has 4 nitrogen and oxygen atoms in total. The predicted octanol–water partition coefficient (Wildman–Crippen LogP) is 22.8. The van der Waals surface area contributed by atoms with Crippen molar-refractivity contribution < 1.29 is 0 Å². The van der Waals surface area contributed by atoms with Gasteiger partial charge in [-0.2, -0.15) is 0 Å². The number of para-hydroxylation sites is 3. The molecule has 0 radical (unpaired) electrons. The molecule has 15 rings (SSSR count). The van der Waals surface area contributed by atoms with Gasteiger partial charge in [0.2, 0.25) is 0 Å². The van der Waals surface area contributed by atoms with Crippen LogP contribution in [0, 0.1) is 0 Å². The Kier molecular flexibility index (Phi) is 13.1. The van der Waals surface area contributed by atoms with E-state index < -0.39 is 0 Å². The fraction of sp³-hybridized carbons (Fsp3) is 0.0750. The molecule has 0 aromatic heterocycles. The third-order valence-corrected chi connectivity index (χ3v) is 17.6. The van der Waals surface area contributed by atoms with Crippen LogP contribution < -0.4 is 19.6 Å². The van der Waals surface area contributed by atoms with E-state index in [1.165, 1.54) is 81.6 Å². The lowest BCUT2D eigenvalue weighted by molar-refractivity contribution is 0.353. The normalized spacial score (nSPS) is 13.1. The molecule has 0 N–H and O–H groups in total. The molecule has 1 spiro atoms. The molecule has 13 aromatic carbocycles. The largest absolute Gasteiger partial charge is 0.311 e. The molecule has 2 aliphatic carbocycles. The quantitative estimate of drug-likeness (QED) is 0.114. The van der Waals surface area contributed by atoms with Crippen LogP contribution in [-0.4, -0.2) is 0 Å². The zero-order valence-corrected chi connectivity index (χ0v) is 46.8. The van der Waals surface area contributed by atoms with Gasteiger partial charge in [-0.05, 0) is 190 Å². The van der Waals surface area contributed by atoms with Crippen molar-refractivity contribution in [2.45, 2.75) is 37.5 Å². The molecule has 0 unspecified atom stereocenters. The summed E-state index contributed by atoms with van der Waals surface area (Å²) in [6, 6.07) is 115. The molecule has 4 heteroatoms. The summed E-state index contributed by atoms with van der Waals surface area (Å²) in [5, 5.41) is 4.82. The van der Waals surface area contributed by atoms with Crippen LogP contribution in [0.2, 0.25) is 0 Å². The Labute approximate surface area is 493 Å². The molecule has 0 bridgehead atoms. The van der Waals surface area contributed by atoms with E-state index in [4.69, 9.17) is 0 Å². The maximum atomic E-state index is 2.52. The minimum absolute atomic E-state index is 0.0643. The monoisotopic (exact) mass is 1080 g/mol. The third-order valence-electron chi connectivity index (χ3n) is 17.6. The smallest absolute Gasteiger partial charge is 0.0540 e. The van der Waals surface area contributed by atoms with Gasteiger partial charge in [0, 0.05) is 73.1 Å². The molecular weight excluding hydrogens is 1020 g/mol. The Morgan fingerprint density at radius 2 is 0.560 bits per heavy atom. The first-order chi connectivity index (χ1) is 41.6.